The lowest BCUT2D eigenvalue weighted by atomic mass is 10.0. The van der Waals surface area contributed by atoms with Crippen molar-refractivity contribution < 1.29 is 9.31 Å². The van der Waals surface area contributed by atoms with Crippen molar-refractivity contribution in [3.8, 4) is 0 Å². The second-order valence-electron chi connectivity index (χ2n) is 6.95. The van der Waals surface area contributed by atoms with Crippen molar-refractivity contribution in [2.75, 3.05) is 6.54 Å². The van der Waals surface area contributed by atoms with Crippen molar-refractivity contribution in [3.05, 3.63) is 98.6 Å². The van der Waals surface area contributed by atoms with Gasteiger partial charge in [-0.25, -0.2) is 4.39 Å². The van der Waals surface area contributed by atoms with E-state index in [1.54, 1.807) is 24.3 Å². The molecule has 1 aromatic heterocycles. The summed E-state index contributed by atoms with van der Waals surface area (Å²) in [7, 11) is 0. The first-order chi connectivity index (χ1) is 13.5. The van der Waals surface area contributed by atoms with Crippen LogP contribution in [0.4, 0.5) is 10.1 Å². The van der Waals surface area contributed by atoms with Gasteiger partial charge in [-0.15, -0.1) is 0 Å². The van der Waals surface area contributed by atoms with Crippen LogP contribution in [0, 0.1) is 15.9 Å². The monoisotopic (exact) mass is 399 g/mol. The Morgan fingerprint density at radius 1 is 1.14 bits per heavy atom. The Morgan fingerprint density at radius 3 is 2.64 bits per heavy atom. The van der Waals surface area contributed by atoms with Crippen molar-refractivity contribution in [1.82, 2.24) is 9.47 Å². The number of hydrogen-bond acceptors (Lipinski definition) is 3. The molecular formula is C21H19ClFN3O2. The third kappa shape index (κ3) is 3.66. The van der Waals surface area contributed by atoms with Gasteiger partial charge in [0.25, 0.3) is 5.69 Å². The number of rotatable bonds is 4. The summed E-state index contributed by atoms with van der Waals surface area (Å²) >= 11 is 5.97. The lowest BCUT2D eigenvalue weighted by Gasteiger charge is -2.30. The van der Waals surface area contributed by atoms with Crippen LogP contribution in [0.15, 0.2) is 60.8 Å². The number of halogens is 2. The zero-order valence-corrected chi connectivity index (χ0v) is 15.8. The van der Waals surface area contributed by atoms with Gasteiger partial charge < -0.3 is 4.57 Å². The standard InChI is InChI=1S/C21H19ClFN3O2/c22-18-13-15(4-9-19(18)23)14-25-12-2-11-24-10-1-3-20(24)21(25)16-5-7-17(8-6-16)26(27)28/h1,3-10,13,21H,2,11-12,14H2/t21-/m0/s1. The number of fused-ring (bicyclic) bond motifs is 1. The third-order valence-corrected chi connectivity index (χ3v) is 5.43. The van der Waals surface area contributed by atoms with E-state index < -0.39 is 10.7 Å². The van der Waals surface area contributed by atoms with E-state index in [1.807, 2.05) is 18.2 Å². The topological polar surface area (TPSA) is 51.3 Å². The highest BCUT2D eigenvalue weighted by molar-refractivity contribution is 6.30. The maximum Gasteiger partial charge on any atom is 0.269 e. The Morgan fingerprint density at radius 2 is 1.93 bits per heavy atom. The molecule has 1 aliphatic heterocycles. The summed E-state index contributed by atoms with van der Waals surface area (Å²) in [5.41, 5.74) is 3.13. The molecule has 28 heavy (non-hydrogen) atoms. The number of hydrogen-bond donors (Lipinski definition) is 0. The molecule has 0 amide bonds. The fraction of sp³-hybridized carbons (Fsp3) is 0.238. The quantitative estimate of drug-likeness (QED) is 0.448. The summed E-state index contributed by atoms with van der Waals surface area (Å²) < 4.78 is 15.8. The number of non-ortho nitro benzene ring substituents is 1. The van der Waals surface area contributed by atoms with Crippen molar-refractivity contribution in [2.45, 2.75) is 25.6 Å². The van der Waals surface area contributed by atoms with Crippen LogP contribution in [0.1, 0.15) is 29.3 Å². The maximum atomic E-state index is 13.5. The van der Waals surface area contributed by atoms with Gasteiger partial charge in [0.1, 0.15) is 5.82 Å². The second kappa shape index (κ2) is 7.73. The molecule has 0 saturated heterocycles. The fourth-order valence-corrected chi connectivity index (χ4v) is 4.05. The first-order valence-electron chi connectivity index (χ1n) is 9.10. The van der Waals surface area contributed by atoms with Gasteiger partial charge in [-0.05, 0) is 41.8 Å². The molecule has 5 nitrogen and oxygen atoms in total. The van der Waals surface area contributed by atoms with Gasteiger partial charge in [0.05, 0.1) is 16.0 Å². The van der Waals surface area contributed by atoms with Crippen LogP contribution in [0.25, 0.3) is 0 Å². The minimum absolute atomic E-state index is 0.0536. The highest BCUT2D eigenvalue weighted by Gasteiger charge is 2.28. The minimum Gasteiger partial charge on any atom is -0.350 e. The van der Waals surface area contributed by atoms with Gasteiger partial charge >= 0.3 is 0 Å². The Hall–Kier alpha value is -2.70. The lowest BCUT2D eigenvalue weighted by Crippen LogP contribution is -2.29. The summed E-state index contributed by atoms with van der Waals surface area (Å²) in [4.78, 5) is 12.9. The number of aryl methyl sites for hydroxylation is 1. The largest absolute Gasteiger partial charge is 0.350 e. The van der Waals surface area contributed by atoms with Crippen molar-refractivity contribution >= 4 is 17.3 Å². The van der Waals surface area contributed by atoms with E-state index in [0.29, 0.717) is 6.54 Å². The molecule has 0 radical (unpaired) electrons. The van der Waals surface area contributed by atoms with Gasteiger partial charge in [0, 0.05) is 43.7 Å². The minimum atomic E-state index is -0.429. The number of nitro benzene ring substituents is 1. The highest BCUT2D eigenvalue weighted by atomic mass is 35.5. The second-order valence-corrected chi connectivity index (χ2v) is 7.36. The Kier molecular flexibility index (Phi) is 5.15. The van der Waals surface area contributed by atoms with Gasteiger partial charge in [0.2, 0.25) is 0 Å². The number of nitrogens with zero attached hydrogens (tertiary/aromatic N) is 3. The van der Waals surface area contributed by atoms with Crippen LogP contribution < -0.4 is 0 Å². The summed E-state index contributed by atoms with van der Waals surface area (Å²) in [5, 5.41) is 11.1. The van der Waals surface area contributed by atoms with Crippen molar-refractivity contribution in [3.63, 3.8) is 0 Å². The summed E-state index contributed by atoms with van der Waals surface area (Å²) in [5.74, 6) is -0.429. The molecule has 0 fully saturated rings. The van der Waals surface area contributed by atoms with E-state index in [2.05, 4.69) is 21.7 Å². The smallest absolute Gasteiger partial charge is 0.269 e. The predicted octanol–water partition coefficient (Wildman–Crippen LogP) is 5.18. The molecule has 1 atom stereocenters. The predicted molar refractivity (Wildman–Crippen MR) is 106 cm³/mol. The van der Waals surface area contributed by atoms with E-state index in [4.69, 9.17) is 11.6 Å². The molecule has 0 spiro atoms. The van der Waals surface area contributed by atoms with E-state index in [0.717, 1.165) is 36.3 Å². The van der Waals surface area contributed by atoms with Crippen LogP contribution in [0.5, 0.6) is 0 Å². The zero-order valence-electron chi connectivity index (χ0n) is 15.1. The lowest BCUT2D eigenvalue weighted by molar-refractivity contribution is -0.384. The highest BCUT2D eigenvalue weighted by Crippen LogP contribution is 2.34. The Balaban J connectivity index is 1.72. The molecule has 0 unspecified atom stereocenters. The van der Waals surface area contributed by atoms with Gasteiger partial charge in [0.15, 0.2) is 0 Å². The van der Waals surface area contributed by atoms with E-state index in [9.17, 15) is 14.5 Å². The summed E-state index contributed by atoms with van der Waals surface area (Å²) in [6.45, 7) is 2.36. The molecule has 7 heteroatoms. The fourth-order valence-electron chi connectivity index (χ4n) is 3.84. The number of aromatic nitrogens is 1. The Bertz CT molecular complexity index is 1000. The van der Waals surface area contributed by atoms with E-state index in [1.165, 1.54) is 6.07 Å². The third-order valence-electron chi connectivity index (χ3n) is 5.14. The normalized spacial score (nSPS) is 17.1. The molecule has 0 bridgehead atoms. The molecule has 144 valence electrons. The number of benzene rings is 2. The molecule has 3 aromatic rings. The molecule has 0 saturated carbocycles. The van der Waals surface area contributed by atoms with Gasteiger partial charge in [-0.3, -0.25) is 15.0 Å². The SMILES string of the molecule is O=[N+]([O-])c1ccc([C@H]2c3cccn3CCCN2Cc2ccc(F)c(Cl)c2)cc1. The average Bonchev–Trinajstić information content (AvgIpc) is 3.06. The van der Waals surface area contributed by atoms with E-state index >= 15 is 0 Å². The molecule has 0 N–H and O–H groups in total. The average molecular weight is 400 g/mol. The molecular weight excluding hydrogens is 381 g/mol. The first-order valence-corrected chi connectivity index (χ1v) is 9.48. The molecule has 0 aliphatic carbocycles. The number of nitro groups is 1. The van der Waals surface area contributed by atoms with Crippen LogP contribution in [-0.4, -0.2) is 20.9 Å². The zero-order chi connectivity index (χ0) is 19.7. The van der Waals surface area contributed by atoms with Gasteiger partial charge in [-0.2, -0.15) is 0 Å². The van der Waals surface area contributed by atoms with Crippen molar-refractivity contribution in [2.24, 2.45) is 0 Å². The van der Waals surface area contributed by atoms with Crippen LogP contribution in [0.2, 0.25) is 5.02 Å². The first kappa shape index (κ1) is 18.7. The van der Waals surface area contributed by atoms with Gasteiger partial charge in [-0.1, -0.05) is 29.8 Å². The molecule has 4 rings (SSSR count). The van der Waals surface area contributed by atoms with Crippen molar-refractivity contribution in [1.29, 1.82) is 0 Å². The Labute approximate surface area is 167 Å². The van der Waals surface area contributed by atoms with Crippen LogP contribution >= 0.6 is 11.6 Å². The molecule has 1 aliphatic rings. The maximum absolute atomic E-state index is 13.5. The van der Waals surface area contributed by atoms with Crippen LogP contribution in [-0.2, 0) is 13.1 Å². The summed E-state index contributed by atoms with van der Waals surface area (Å²) in [6.07, 6.45) is 3.03. The molecule has 2 heterocycles. The molecule has 2 aromatic carbocycles. The van der Waals surface area contributed by atoms with Crippen LogP contribution in [0.3, 0.4) is 0 Å². The van der Waals surface area contributed by atoms with E-state index in [-0.39, 0.29) is 16.8 Å². The summed E-state index contributed by atoms with van der Waals surface area (Å²) in [6, 6.07) is 15.6.